The standard InChI is InChI=1S/C15H21NO/c1-4-6-7-15(16-12-5-2)13-8-10-14(17-3)11-9-13/h8-11,15-16H,5,7,12H2,1-3H3. The van der Waals surface area contributed by atoms with Crippen molar-refractivity contribution in [3.63, 3.8) is 0 Å². The Morgan fingerprint density at radius 1 is 1.29 bits per heavy atom. The van der Waals surface area contributed by atoms with Gasteiger partial charge in [-0.05, 0) is 37.6 Å². The summed E-state index contributed by atoms with van der Waals surface area (Å²) in [5.74, 6) is 6.99. The van der Waals surface area contributed by atoms with Crippen LogP contribution in [0.5, 0.6) is 5.75 Å². The first-order valence-corrected chi connectivity index (χ1v) is 6.08. The molecule has 2 nitrogen and oxygen atoms in total. The second kappa shape index (κ2) is 7.76. The summed E-state index contributed by atoms with van der Waals surface area (Å²) >= 11 is 0. The first-order valence-electron chi connectivity index (χ1n) is 6.08. The highest BCUT2D eigenvalue weighted by molar-refractivity contribution is 5.29. The van der Waals surface area contributed by atoms with Crippen molar-refractivity contribution in [2.75, 3.05) is 13.7 Å². The molecule has 0 fully saturated rings. The van der Waals surface area contributed by atoms with Crippen LogP contribution < -0.4 is 10.1 Å². The molecule has 17 heavy (non-hydrogen) atoms. The van der Waals surface area contributed by atoms with Gasteiger partial charge in [-0.1, -0.05) is 19.1 Å². The third-order valence-electron chi connectivity index (χ3n) is 2.64. The van der Waals surface area contributed by atoms with E-state index in [1.807, 2.05) is 19.1 Å². The summed E-state index contributed by atoms with van der Waals surface area (Å²) in [6.07, 6.45) is 1.98. The van der Waals surface area contributed by atoms with Crippen LogP contribution in [0.25, 0.3) is 0 Å². The molecular weight excluding hydrogens is 210 g/mol. The highest BCUT2D eigenvalue weighted by Gasteiger charge is 2.08. The summed E-state index contributed by atoms with van der Waals surface area (Å²) in [6, 6.07) is 8.51. The summed E-state index contributed by atoms with van der Waals surface area (Å²) in [7, 11) is 1.68. The van der Waals surface area contributed by atoms with E-state index < -0.39 is 0 Å². The quantitative estimate of drug-likeness (QED) is 0.759. The molecule has 0 amide bonds. The third kappa shape index (κ3) is 4.50. The van der Waals surface area contributed by atoms with E-state index in [0.29, 0.717) is 6.04 Å². The van der Waals surface area contributed by atoms with Crippen LogP contribution in [0.15, 0.2) is 24.3 Å². The lowest BCUT2D eigenvalue weighted by atomic mass is 10.0. The van der Waals surface area contributed by atoms with Gasteiger partial charge in [-0.3, -0.25) is 0 Å². The summed E-state index contributed by atoms with van der Waals surface area (Å²) in [4.78, 5) is 0. The topological polar surface area (TPSA) is 21.3 Å². The molecule has 1 atom stereocenters. The molecule has 0 radical (unpaired) electrons. The first kappa shape index (κ1) is 13.6. The predicted molar refractivity (Wildman–Crippen MR) is 72.1 cm³/mol. The average molecular weight is 231 g/mol. The van der Waals surface area contributed by atoms with E-state index in [0.717, 1.165) is 25.1 Å². The monoisotopic (exact) mass is 231 g/mol. The number of benzene rings is 1. The number of rotatable bonds is 6. The van der Waals surface area contributed by atoms with Gasteiger partial charge in [0.15, 0.2) is 0 Å². The molecule has 0 bridgehead atoms. The third-order valence-corrected chi connectivity index (χ3v) is 2.64. The van der Waals surface area contributed by atoms with Crippen molar-refractivity contribution in [3.05, 3.63) is 29.8 Å². The second-order valence-electron chi connectivity index (χ2n) is 3.91. The molecule has 1 rings (SSSR count). The van der Waals surface area contributed by atoms with E-state index in [4.69, 9.17) is 4.74 Å². The van der Waals surface area contributed by atoms with Gasteiger partial charge < -0.3 is 10.1 Å². The molecule has 0 heterocycles. The fourth-order valence-corrected chi connectivity index (χ4v) is 1.67. The molecule has 92 valence electrons. The normalized spacial score (nSPS) is 11.5. The van der Waals surface area contributed by atoms with Crippen molar-refractivity contribution in [2.24, 2.45) is 0 Å². The van der Waals surface area contributed by atoms with Gasteiger partial charge in [0.05, 0.1) is 7.11 Å². The predicted octanol–water partition coefficient (Wildman–Crippen LogP) is 3.15. The van der Waals surface area contributed by atoms with Crippen LogP contribution in [-0.2, 0) is 0 Å². The van der Waals surface area contributed by atoms with Crippen molar-refractivity contribution in [2.45, 2.75) is 32.7 Å². The Kier molecular flexibility index (Phi) is 6.21. The molecule has 0 aliphatic rings. The Morgan fingerprint density at radius 2 is 2.00 bits per heavy atom. The Balaban J connectivity index is 2.74. The Hall–Kier alpha value is -1.46. The molecule has 1 N–H and O–H groups in total. The van der Waals surface area contributed by atoms with E-state index in [1.54, 1.807) is 7.11 Å². The van der Waals surface area contributed by atoms with Crippen LogP contribution in [0.2, 0.25) is 0 Å². The molecule has 0 saturated heterocycles. The lowest BCUT2D eigenvalue weighted by molar-refractivity contribution is 0.414. The average Bonchev–Trinajstić information content (AvgIpc) is 2.39. The highest BCUT2D eigenvalue weighted by atomic mass is 16.5. The van der Waals surface area contributed by atoms with Crippen molar-refractivity contribution in [3.8, 4) is 17.6 Å². The molecule has 1 aromatic carbocycles. The van der Waals surface area contributed by atoms with Gasteiger partial charge in [0.25, 0.3) is 0 Å². The fourth-order valence-electron chi connectivity index (χ4n) is 1.67. The largest absolute Gasteiger partial charge is 0.497 e. The Labute approximate surface area is 104 Å². The summed E-state index contributed by atoms with van der Waals surface area (Å²) in [6.45, 7) is 5.07. The van der Waals surface area contributed by atoms with Crippen molar-refractivity contribution < 1.29 is 4.74 Å². The van der Waals surface area contributed by atoms with Gasteiger partial charge >= 0.3 is 0 Å². The summed E-state index contributed by atoms with van der Waals surface area (Å²) < 4.78 is 5.16. The molecule has 0 aromatic heterocycles. The maximum absolute atomic E-state index is 5.16. The maximum atomic E-state index is 5.16. The molecule has 1 aromatic rings. The molecule has 0 aliphatic heterocycles. The smallest absolute Gasteiger partial charge is 0.118 e. The lowest BCUT2D eigenvalue weighted by Crippen LogP contribution is -2.21. The van der Waals surface area contributed by atoms with E-state index in [9.17, 15) is 0 Å². The van der Waals surface area contributed by atoms with Crippen molar-refractivity contribution >= 4 is 0 Å². The highest BCUT2D eigenvalue weighted by Crippen LogP contribution is 2.19. The van der Waals surface area contributed by atoms with Crippen LogP contribution in [0.1, 0.15) is 38.3 Å². The van der Waals surface area contributed by atoms with E-state index in [1.165, 1.54) is 5.56 Å². The minimum Gasteiger partial charge on any atom is -0.497 e. The summed E-state index contributed by atoms with van der Waals surface area (Å²) in [5.41, 5.74) is 1.27. The zero-order valence-corrected chi connectivity index (χ0v) is 10.9. The minimum absolute atomic E-state index is 0.313. The summed E-state index contributed by atoms with van der Waals surface area (Å²) in [5, 5.41) is 3.51. The van der Waals surface area contributed by atoms with Gasteiger partial charge in [0.1, 0.15) is 5.75 Å². The fraction of sp³-hybridized carbons (Fsp3) is 0.467. The van der Waals surface area contributed by atoms with Crippen LogP contribution in [0, 0.1) is 11.8 Å². The molecular formula is C15H21NO. The lowest BCUT2D eigenvalue weighted by Gasteiger charge is -2.16. The van der Waals surface area contributed by atoms with E-state index in [2.05, 4.69) is 36.2 Å². The number of ether oxygens (including phenoxy) is 1. The van der Waals surface area contributed by atoms with Gasteiger partial charge in [-0.15, -0.1) is 11.8 Å². The van der Waals surface area contributed by atoms with Crippen LogP contribution in [0.3, 0.4) is 0 Å². The molecule has 0 aliphatic carbocycles. The van der Waals surface area contributed by atoms with Crippen LogP contribution in [0.4, 0.5) is 0 Å². The van der Waals surface area contributed by atoms with Gasteiger partial charge in [-0.2, -0.15) is 0 Å². The van der Waals surface area contributed by atoms with Gasteiger partial charge in [0, 0.05) is 12.5 Å². The number of hydrogen-bond donors (Lipinski definition) is 1. The number of methoxy groups -OCH3 is 1. The first-order chi connectivity index (χ1) is 8.31. The zero-order valence-electron chi connectivity index (χ0n) is 10.9. The molecule has 0 spiro atoms. The molecule has 1 unspecified atom stereocenters. The van der Waals surface area contributed by atoms with Crippen molar-refractivity contribution in [1.82, 2.24) is 5.32 Å². The molecule has 0 saturated carbocycles. The number of nitrogens with one attached hydrogen (secondary N) is 1. The van der Waals surface area contributed by atoms with E-state index in [-0.39, 0.29) is 0 Å². The SMILES string of the molecule is CC#CCC(NCCC)c1ccc(OC)cc1. The van der Waals surface area contributed by atoms with Crippen LogP contribution in [-0.4, -0.2) is 13.7 Å². The van der Waals surface area contributed by atoms with Crippen molar-refractivity contribution in [1.29, 1.82) is 0 Å². The zero-order chi connectivity index (χ0) is 12.5. The Bertz CT molecular complexity index is 372. The Morgan fingerprint density at radius 3 is 2.53 bits per heavy atom. The minimum atomic E-state index is 0.313. The molecule has 2 heteroatoms. The van der Waals surface area contributed by atoms with E-state index >= 15 is 0 Å². The van der Waals surface area contributed by atoms with Gasteiger partial charge in [0.2, 0.25) is 0 Å². The van der Waals surface area contributed by atoms with Crippen LogP contribution >= 0.6 is 0 Å². The number of hydrogen-bond acceptors (Lipinski definition) is 2. The second-order valence-corrected chi connectivity index (χ2v) is 3.91. The van der Waals surface area contributed by atoms with Gasteiger partial charge in [-0.25, -0.2) is 0 Å². The maximum Gasteiger partial charge on any atom is 0.118 e.